The van der Waals surface area contributed by atoms with Gasteiger partial charge in [-0.1, -0.05) is 36.4 Å². The van der Waals surface area contributed by atoms with Crippen LogP contribution in [0.1, 0.15) is 29.0 Å². The van der Waals surface area contributed by atoms with Crippen LogP contribution in [0.3, 0.4) is 0 Å². The van der Waals surface area contributed by atoms with Gasteiger partial charge in [-0.25, -0.2) is 0 Å². The second-order valence-corrected chi connectivity index (χ2v) is 7.65. The van der Waals surface area contributed by atoms with Crippen LogP contribution in [0, 0.1) is 15.4 Å². The Bertz CT molecular complexity index is 649. The number of aryl methyl sites for hydroxylation is 1. The Hall–Kier alpha value is -0.870. The van der Waals surface area contributed by atoms with Crippen molar-refractivity contribution in [2.45, 2.75) is 31.3 Å². The molecule has 108 valence electrons. The molecule has 2 aromatic rings. The lowest BCUT2D eigenvalue weighted by molar-refractivity contribution is 0.143. The first-order valence-electron chi connectivity index (χ1n) is 7.74. The lowest BCUT2D eigenvalue weighted by Crippen LogP contribution is -2.15. The largest absolute Gasteiger partial charge is 0.392 e. The molecule has 2 heteroatoms. The van der Waals surface area contributed by atoms with Crippen molar-refractivity contribution in [1.29, 1.82) is 0 Å². The molecule has 21 heavy (non-hydrogen) atoms. The lowest BCUT2D eigenvalue weighted by Gasteiger charge is -2.13. The highest BCUT2D eigenvalue weighted by atomic mass is 127. The molecule has 2 aliphatic carbocycles. The van der Waals surface area contributed by atoms with E-state index in [-0.39, 0.29) is 6.10 Å². The van der Waals surface area contributed by atoms with Gasteiger partial charge >= 0.3 is 0 Å². The van der Waals surface area contributed by atoms with E-state index in [1.54, 1.807) is 0 Å². The van der Waals surface area contributed by atoms with Crippen molar-refractivity contribution in [3.05, 3.63) is 68.8 Å². The Balaban J connectivity index is 1.50. The van der Waals surface area contributed by atoms with Crippen LogP contribution in [0.4, 0.5) is 0 Å². The summed E-state index contributed by atoms with van der Waals surface area (Å²) in [6.07, 6.45) is 3.02. The van der Waals surface area contributed by atoms with Crippen molar-refractivity contribution in [3.63, 3.8) is 0 Å². The van der Waals surface area contributed by atoms with Crippen LogP contribution in [0.5, 0.6) is 0 Å². The van der Waals surface area contributed by atoms with Crippen LogP contribution in [-0.4, -0.2) is 11.2 Å². The fourth-order valence-corrected chi connectivity index (χ4v) is 4.50. The Kier molecular flexibility index (Phi) is 3.54. The van der Waals surface area contributed by atoms with E-state index in [2.05, 4.69) is 71.1 Å². The van der Waals surface area contributed by atoms with Gasteiger partial charge in [0.2, 0.25) is 0 Å². The van der Waals surface area contributed by atoms with Crippen LogP contribution >= 0.6 is 22.6 Å². The maximum absolute atomic E-state index is 10.7. The molecule has 0 radical (unpaired) electrons. The summed E-state index contributed by atoms with van der Waals surface area (Å²) in [6, 6.07) is 17.3. The second-order valence-electron chi connectivity index (χ2n) is 6.40. The van der Waals surface area contributed by atoms with Crippen molar-refractivity contribution >= 4 is 22.6 Å². The third-order valence-corrected chi connectivity index (χ3v) is 5.91. The minimum atomic E-state index is -0.203. The monoisotopic (exact) mass is 390 g/mol. The van der Waals surface area contributed by atoms with E-state index in [4.69, 9.17) is 0 Å². The molecule has 1 saturated carbocycles. The molecule has 0 spiro atoms. The van der Waals surface area contributed by atoms with Gasteiger partial charge in [0.25, 0.3) is 0 Å². The standard InChI is InChI=1S/C19H19IO/c20-14-8-5-12(6-9-14)11-17(21)19-16-10-7-13-3-1-2-4-15(13)18(16)19/h1-6,8-9,16-19,21H,7,10-11H2. The van der Waals surface area contributed by atoms with Crippen LogP contribution in [0.2, 0.25) is 0 Å². The Morgan fingerprint density at radius 3 is 2.67 bits per heavy atom. The minimum Gasteiger partial charge on any atom is -0.392 e. The van der Waals surface area contributed by atoms with Gasteiger partial charge in [0.05, 0.1) is 6.10 Å². The van der Waals surface area contributed by atoms with Gasteiger partial charge in [-0.2, -0.15) is 0 Å². The molecular weight excluding hydrogens is 371 g/mol. The number of fused-ring (bicyclic) bond motifs is 3. The molecule has 0 aromatic heterocycles. The average Bonchev–Trinajstić information content (AvgIpc) is 3.25. The fraction of sp³-hybridized carbons (Fsp3) is 0.368. The van der Waals surface area contributed by atoms with E-state index in [0.717, 1.165) is 6.42 Å². The van der Waals surface area contributed by atoms with Crippen molar-refractivity contribution in [2.75, 3.05) is 0 Å². The highest BCUT2D eigenvalue weighted by Gasteiger charge is 2.55. The molecule has 2 aromatic carbocycles. The molecule has 1 N–H and O–H groups in total. The summed E-state index contributed by atoms with van der Waals surface area (Å²) in [5.41, 5.74) is 4.25. The molecule has 0 saturated heterocycles. The van der Waals surface area contributed by atoms with E-state index in [0.29, 0.717) is 17.8 Å². The van der Waals surface area contributed by atoms with Crippen LogP contribution in [-0.2, 0) is 12.8 Å². The average molecular weight is 390 g/mol. The van der Waals surface area contributed by atoms with Crippen molar-refractivity contribution in [1.82, 2.24) is 0 Å². The Labute approximate surface area is 139 Å². The Morgan fingerprint density at radius 2 is 1.86 bits per heavy atom. The van der Waals surface area contributed by atoms with Crippen LogP contribution in [0.15, 0.2) is 48.5 Å². The first-order chi connectivity index (χ1) is 10.2. The Morgan fingerprint density at radius 1 is 1.10 bits per heavy atom. The number of halogens is 1. The number of benzene rings is 2. The zero-order valence-electron chi connectivity index (χ0n) is 11.9. The van der Waals surface area contributed by atoms with Gasteiger partial charge in [-0.15, -0.1) is 0 Å². The van der Waals surface area contributed by atoms with Crippen LogP contribution in [0.25, 0.3) is 0 Å². The molecule has 1 nitrogen and oxygen atoms in total. The molecule has 0 heterocycles. The topological polar surface area (TPSA) is 20.2 Å². The fourth-order valence-electron chi connectivity index (χ4n) is 4.14. The number of rotatable bonds is 3. The summed E-state index contributed by atoms with van der Waals surface area (Å²) < 4.78 is 1.25. The summed E-state index contributed by atoms with van der Waals surface area (Å²) in [6.45, 7) is 0. The maximum Gasteiger partial charge on any atom is 0.0617 e. The summed E-state index contributed by atoms with van der Waals surface area (Å²) in [5, 5.41) is 10.7. The van der Waals surface area contributed by atoms with Crippen molar-refractivity contribution in [2.24, 2.45) is 11.8 Å². The van der Waals surface area contributed by atoms with Gasteiger partial charge < -0.3 is 5.11 Å². The molecule has 2 aliphatic rings. The maximum atomic E-state index is 10.7. The third kappa shape index (κ3) is 2.53. The predicted molar refractivity (Wildman–Crippen MR) is 93.4 cm³/mol. The minimum absolute atomic E-state index is 0.203. The quantitative estimate of drug-likeness (QED) is 0.781. The zero-order valence-corrected chi connectivity index (χ0v) is 14.0. The van der Waals surface area contributed by atoms with E-state index >= 15 is 0 Å². The van der Waals surface area contributed by atoms with Gasteiger partial charge in [-0.05, 0) is 88.4 Å². The zero-order chi connectivity index (χ0) is 14.4. The van der Waals surface area contributed by atoms with E-state index in [1.807, 2.05) is 0 Å². The molecule has 1 fully saturated rings. The summed E-state index contributed by atoms with van der Waals surface area (Å²) in [5.74, 6) is 1.78. The van der Waals surface area contributed by atoms with E-state index < -0.39 is 0 Å². The van der Waals surface area contributed by atoms with E-state index in [1.165, 1.54) is 33.1 Å². The number of aliphatic hydroxyl groups is 1. The third-order valence-electron chi connectivity index (χ3n) is 5.19. The number of hydrogen-bond donors (Lipinski definition) is 1. The van der Waals surface area contributed by atoms with Crippen LogP contribution < -0.4 is 0 Å². The molecule has 4 atom stereocenters. The molecule has 4 rings (SSSR count). The lowest BCUT2D eigenvalue weighted by atomic mass is 9.92. The first kappa shape index (κ1) is 13.8. The molecule has 4 unspecified atom stereocenters. The molecule has 0 aliphatic heterocycles. The molecule has 0 bridgehead atoms. The number of hydrogen-bond acceptors (Lipinski definition) is 1. The van der Waals surface area contributed by atoms with E-state index in [9.17, 15) is 5.11 Å². The SMILES string of the molecule is OC(Cc1ccc(I)cc1)C1C2CCc3ccccc3C21. The predicted octanol–water partition coefficient (Wildman–Crippen LogP) is 4.17. The highest BCUT2D eigenvalue weighted by molar-refractivity contribution is 14.1. The van der Waals surface area contributed by atoms with Gasteiger partial charge in [0, 0.05) is 3.57 Å². The van der Waals surface area contributed by atoms with Crippen molar-refractivity contribution in [3.8, 4) is 0 Å². The highest BCUT2D eigenvalue weighted by Crippen LogP contribution is 2.61. The van der Waals surface area contributed by atoms with Gasteiger partial charge in [0.1, 0.15) is 0 Å². The van der Waals surface area contributed by atoms with Gasteiger partial charge in [0.15, 0.2) is 0 Å². The molecular formula is C19H19IO. The molecule has 0 amide bonds. The number of aliphatic hydroxyl groups excluding tert-OH is 1. The smallest absolute Gasteiger partial charge is 0.0617 e. The normalized spacial score (nSPS) is 27.6. The van der Waals surface area contributed by atoms with Gasteiger partial charge in [-0.3, -0.25) is 0 Å². The van der Waals surface area contributed by atoms with Crippen molar-refractivity contribution < 1.29 is 5.11 Å². The first-order valence-corrected chi connectivity index (χ1v) is 8.82. The second kappa shape index (κ2) is 5.40. The summed E-state index contributed by atoms with van der Waals surface area (Å²) in [7, 11) is 0. The summed E-state index contributed by atoms with van der Waals surface area (Å²) >= 11 is 2.32. The summed E-state index contributed by atoms with van der Waals surface area (Å²) in [4.78, 5) is 0.